The van der Waals surface area contributed by atoms with Crippen molar-refractivity contribution in [1.82, 2.24) is 9.78 Å². The van der Waals surface area contributed by atoms with Gasteiger partial charge in [0.15, 0.2) is 21.3 Å². The number of nitrogens with zero attached hydrogens (tertiary/aromatic N) is 2. The van der Waals surface area contributed by atoms with E-state index in [-0.39, 0.29) is 10.6 Å². The molecule has 0 radical (unpaired) electrons. The van der Waals surface area contributed by atoms with Gasteiger partial charge >= 0.3 is 6.18 Å². The van der Waals surface area contributed by atoms with E-state index in [1.54, 1.807) is 78.9 Å². The SMILES string of the molecule is CS(=O)(=O)c1cccc(-c2ccc(-c3cc(C(F)(F)F)nn3-c3ccccc3Oc3ccccc3)s2)c1. The maximum atomic E-state index is 13.7. The van der Waals surface area contributed by atoms with Crippen molar-refractivity contribution in [3.63, 3.8) is 0 Å². The second kappa shape index (κ2) is 9.53. The third-order valence-corrected chi connectivity index (χ3v) is 7.74. The van der Waals surface area contributed by atoms with E-state index in [4.69, 9.17) is 4.74 Å². The van der Waals surface area contributed by atoms with E-state index in [2.05, 4.69) is 5.10 Å². The largest absolute Gasteiger partial charge is 0.455 e. The zero-order valence-electron chi connectivity index (χ0n) is 19.3. The van der Waals surface area contributed by atoms with Crippen LogP contribution in [0.1, 0.15) is 5.69 Å². The summed E-state index contributed by atoms with van der Waals surface area (Å²) in [5, 5.41) is 3.90. The number of hydrogen-bond acceptors (Lipinski definition) is 5. The molecule has 0 N–H and O–H groups in total. The Bertz CT molecular complexity index is 1670. The lowest BCUT2D eigenvalue weighted by molar-refractivity contribution is -0.141. The number of halogens is 3. The molecule has 0 bridgehead atoms. The lowest BCUT2D eigenvalue weighted by atomic mass is 10.2. The van der Waals surface area contributed by atoms with Crippen LogP contribution in [0, 0.1) is 0 Å². The van der Waals surface area contributed by atoms with Crippen molar-refractivity contribution in [1.29, 1.82) is 0 Å². The predicted octanol–water partition coefficient (Wildman–Crippen LogP) is 7.48. The van der Waals surface area contributed by atoms with E-state index >= 15 is 0 Å². The van der Waals surface area contributed by atoms with Gasteiger partial charge in [0.25, 0.3) is 0 Å². The van der Waals surface area contributed by atoms with E-state index in [1.165, 1.54) is 22.1 Å². The molecule has 3 aromatic carbocycles. The zero-order valence-corrected chi connectivity index (χ0v) is 20.9. The highest BCUT2D eigenvalue weighted by Crippen LogP contribution is 2.40. The van der Waals surface area contributed by atoms with Gasteiger partial charge in [-0.05, 0) is 60.2 Å². The quantitative estimate of drug-likeness (QED) is 0.224. The van der Waals surface area contributed by atoms with Crippen LogP contribution in [0.3, 0.4) is 0 Å². The summed E-state index contributed by atoms with van der Waals surface area (Å²) < 4.78 is 72.3. The molecule has 10 heteroatoms. The molecular formula is C27H19F3N2O3S2. The van der Waals surface area contributed by atoms with Crippen LogP contribution >= 0.6 is 11.3 Å². The number of rotatable bonds is 6. The summed E-state index contributed by atoms with van der Waals surface area (Å²) in [7, 11) is -3.41. The first-order valence-corrected chi connectivity index (χ1v) is 13.7. The molecule has 0 unspecified atom stereocenters. The van der Waals surface area contributed by atoms with E-state index < -0.39 is 21.7 Å². The van der Waals surface area contributed by atoms with Crippen molar-refractivity contribution in [2.24, 2.45) is 0 Å². The third-order valence-electron chi connectivity index (χ3n) is 5.47. The van der Waals surface area contributed by atoms with Gasteiger partial charge in [-0.15, -0.1) is 11.3 Å². The Balaban J connectivity index is 1.61. The molecule has 5 rings (SSSR count). The highest BCUT2D eigenvalue weighted by Gasteiger charge is 2.36. The van der Waals surface area contributed by atoms with Crippen LogP contribution in [0.4, 0.5) is 13.2 Å². The predicted molar refractivity (Wildman–Crippen MR) is 137 cm³/mol. The van der Waals surface area contributed by atoms with Crippen molar-refractivity contribution in [2.45, 2.75) is 11.1 Å². The molecule has 0 saturated heterocycles. The van der Waals surface area contributed by atoms with E-state index in [0.29, 0.717) is 32.5 Å². The summed E-state index contributed by atoms with van der Waals surface area (Å²) >= 11 is 1.24. The molecule has 0 aliphatic carbocycles. The number of benzene rings is 3. The minimum Gasteiger partial charge on any atom is -0.455 e. The van der Waals surface area contributed by atoms with Crippen LogP contribution in [-0.2, 0) is 16.0 Å². The van der Waals surface area contributed by atoms with E-state index in [0.717, 1.165) is 12.3 Å². The number of para-hydroxylation sites is 3. The third kappa shape index (κ3) is 5.30. The van der Waals surface area contributed by atoms with Gasteiger partial charge in [-0.1, -0.05) is 42.5 Å². The summed E-state index contributed by atoms with van der Waals surface area (Å²) in [6.07, 6.45) is -3.53. The minimum atomic E-state index is -4.65. The molecule has 188 valence electrons. The van der Waals surface area contributed by atoms with Crippen molar-refractivity contribution in [3.8, 4) is 38.2 Å². The van der Waals surface area contributed by atoms with E-state index in [9.17, 15) is 21.6 Å². The number of hydrogen-bond donors (Lipinski definition) is 0. The van der Waals surface area contributed by atoms with Crippen LogP contribution in [0.15, 0.2) is 102 Å². The Morgan fingerprint density at radius 1 is 0.838 bits per heavy atom. The monoisotopic (exact) mass is 540 g/mol. The summed E-state index contributed by atoms with van der Waals surface area (Å²) in [6, 6.07) is 26.5. The molecule has 0 fully saturated rings. The topological polar surface area (TPSA) is 61.2 Å². The standard InChI is InChI=1S/C27H19F3N2O3S2/c1-37(33,34)20-11-7-8-18(16-20)24-14-15-25(36-24)22-17-26(27(28,29)30)31-32(22)21-12-5-6-13-23(21)35-19-9-3-2-4-10-19/h2-17H,1H3. The number of ether oxygens (including phenoxy) is 1. The minimum absolute atomic E-state index is 0.163. The van der Waals surface area contributed by atoms with Gasteiger partial charge in [0, 0.05) is 11.1 Å². The second-order valence-corrected chi connectivity index (χ2v) is 11.3. The number of aromatic nitrogens is 2. The Morgan fingerprint density at radius 2 is 1.54 bits per heavy atom. The highest BCUT2D eigenvalue weighted by atomic mass is 32.2. The average Bonchev–Trinajstić information content (AvgIpc) is 3.52. The Labute approximate surface area is 215 Å². The van der Waals surface area contributed by atoms with E-state index in [1.807, 2.05) is 6.07 Å². The van der Waals surface area contributed by atoms with Crippen molar-refractivity contribution >= 4 is 21.2 Å². The Hall–Kier alpha value is -3.89. The summed E-state index contributed by atoms with van der Waals surface area (Å²) in [5.41, 5.74) is 0.179. The van der Waals surface area contributed by atoms with Crippen molar-refractivity contribution < 1.29 is 26.3 Å². The molecule has 0 saturated carbocycles. The molecule has 5 nitrogen and oxygen atoms in total. The smallest absolute Gasteiger partial charge is 0.435 e. The Kier molecular flexibility index (Phi) is 6.38. The molecule has 0 aliphatic heterocycles. The van der Waals surface area contributed by atoms with Gasteiger partial charge in [0.05, 0.1) is 15.5 Å². The van der Waals surface area contributed by atoms with Crippen LogP contribution in [0.2, 0.25) is 0 Å². The summed E-state index contributed by atoms with van der Waals surface area (Å²) in [4.78, 5) is 1.39. The second-order valence-electron chi connectivity index (χ2n) is 8.17. The lowest BCUT2D eigenvalue weighted by Gasteiger charge is -2.13. The number of thiophene rings is 1. The van der Waals surface area contributed by atoms with Gasteiger partial charge in [-0.25, -0.2) is 13.1 Å². The van der Waals surface area contributed by atoms with Crippen molar-refractivity contribution in [3.05, 3.63) is 103 Å². The molecule has 2 heterocycles. The Morgan fingerprint density at radius 3 is 2.27 bits per heavy atom. The summed E-state index contributed by atoms with van der Waals surface area (Å²) in [6.45, 7) is 0. The normalized spacial score (nSPS) is 12.0. The van der Waals surface area contributed by atoms with Crippen LogP contribution < -0.4 is 4.74 Å². The first-order valence-electron chi connectivity index (χ1n) is 11.0. The molecule has 0 spiro atoms. The molecule has 0 aliphatic rings. The lowest BCUT2D eigenvalue weighted by Crippen LogP contribution is -2.08. The van der Waals surface area contributed by atoms with Crippen LogP contribution in [0.5, 0.6) is 11.5 Å². The van der Waals surface area contributed by atoms with Gasteiger partial charge in [-0.2, -0.15) is 18.3 Å². The first-order chi connectivity index (χ1) is 17.6. The molecule has 37 heavy (non-hydrogen) atoms. The maximum absolute atomic E-state index is 13.7. The molecule has 0 atom stereocenters. The van der Waals surface area contributed by atoms with Crippen LogP contribution in [-0.4, -0.2) is 24.5 Å². The van der Waals surface area contributed by atoms with Crippen LogP contribution in [0.25, 0.3) is 26.7 Å². The van der Waals surface area contributed by atoms with Gasteiger partial charge in [0.1, 0.15) is 11.4 Å². The first kappa shape index (κ1) is 24.8. The molecule has 5 aromatic rings. The molecular weight excluding hydrogens is 521 g/mol. The number of alkyl halides is 3. The fourth-order valence-corrected chi connectivity index (χ4v) is 5.39. The highest BCUT2D eigenvalue weighted by molar-refractivity contribution is 7.90. The maximum Gasteiger partial charge on any atom is 0.435 e. The fraction of sp³-hybridized carbons (Fsp3) is 0.0741. The van der Waals surface area contributed by atoms with Gasteiger partial charge < -0.3 is 4.74 Å². The van der Waals surface area contributed by atoms with Gasteiger partial charge in [0.2, 0.25) is 0 Å². The average molecular weight is 541 g/mol. The fourth-order valence-electron chi connectivity index (χ4n) is 3.72. The van der Waals surface area contributed by atoms with Crippen molar-refractivity contribution in [2.75, 3.05) is 6.26 Å². The number of sulfone groups is 1. The molecule has 2 aromatic heterocycles. The zero-order chi connectivity index (χ0) is 26.2. The van der Waals surface area contributed by atoms with Gasteiger partial charge in [-0.3, -0.25) is 0 Å². The summed E-state index contributed by atoms with van der Waals surface area (Å²) in [5.74, 6) is 0.869. The molecule has 0 amide bonds.